The van der Waals surface area contributed by atoms with Gasteiger partial charge in [-0.1, -0.05) is 11.8 Å². The van der Waals surface area contributed by atoms with Crippen molar-refractivity contribution in [2.45, 2.75) is 37.0 Å². The standard InChI is InChI=1S/C18H15F4N3O3S/c1-8-6-23-12(9(2)15(8)26-3)7-29-16-24-10-4-13-14(5-11(10)25-16)28-18(21,22)17(19,20)27-13/h4-6H,7H2,1-3H3,(H,24,25). The lowest BCUT2D eigenvalue weighted by Gasteiger charge is -2.31. The number of nitrogens with zero attached hydrogens (tertiary/aromatic N) is 2. The number of methoxy groups -OCH3 is 1. The first-order valence-electron chi connectivity index (χ1n) is 8.40. The molecule has 3 aromatic rings. The van der Waals surface area contributed by atoms with Gasteiger partial charge in [-0.3, -0.25) is 4.98 Å². The fraction of sp³-hybridized carbons (Fsp3) is 0.333. The first kappa shape index (κ1) is 19.6. The van der Waals surface area contributed by atoms with E-state index in [1.165, 1.54) is 11.8 Å². The van der Waals surface area contributed by atoms with Crippen molar-refractivity contribution in [2.24, 2.45) is 0 Å². The van der Waals surface area contributed by atoms with Crippen LogP contribution >= 0.6 is 11.8 Å². The van der Waals surface area contributed by atoms with Crippen LogP contribution in [0.15, 0.2) is 23.5 Å². The van der Waals surface area contributed by atoms with Crippen molar-refractivity contribution in [3.05, 3.63) is 35.2 Å². The van der Waals surface area contributed by atoms with Crippen molar-refractivity contribution >= 4 is 22.8 Å². The number of benzene rings is 1. The molecule has 1 aromatic carbocycles. The smallest absolute Gasteiger partial charge is 0.496 e. The molecule has 4 rings (SSSR count). The van der Waals surface area contributed by atoms with E-state index in [0.29, 0.717) is 16.4 Å². The number of H-pyrrole nitrogens is 1. The van der Waals surface area contributed by atoms with Crippen molar-refractivity contribution in [2.75, 3.05) is 7.11 Å². The summed E-state index contributed by atoms with van der Waals surface area (Å²) < 4.78 is 67.1. The third-order valence-corrected chi connectivity index (χ3v) is 5.32. The van der Waals surface area contributed by atoms with Crippen LogP contribution in [-0.2, 0) is 5.75 Å². The molecule has 6 nitrogen and oxygen atoms in total. The molecule has 0 bridgehead atoms. The first-order valence-corrected chi connectivity index (χ1v) is 9.39. The van der Waals surface area contributed by atoms with Gasteiger partial charge in [0, 0.05) is 35.2 Å². The van der Waals surface area contributed by atoms with Gasteiger partial charge in [0.1, 0.15) is 5.75 Å². The zero-order valence-corrected chi connectivity index (χ0v) is 16.3. The summed E-state index contributed by atoms with van der Waals surface area (Å²) in [5.41, 5.74) is 3.24. The van der Waals surface area contributed by atoms with Gasteiger partial charge in [-0.2, -0.15) is 17.6 Å². The Bertz CT molecular complexity index is 1050. The Kier molecular flexibility index (Phi) is 4.52. The number of thioether (sulfide) groups is 1. The highest BCUT2D eigenvalue weighted by atomic mass is 32.2. The zero-order valence-electron chi connectivity index (χ0n) is 15.5. The van der Waals surface area contributed by atoms with E-state index in [9.17, 15) is 17.6 Å². The summed E-state index contributed by atoms with van der Waals surface area (Å²) in [5.74, 6) is 0.223. The highest BCUT2D eigenvalue weighted by molar-refractivity contribution is 7.98. The Labute approximate surface area is 166 Å². The van der Waals surface area contributed by atoms with Crippen LogP contribution in [0.2, 0.25) is 0 Å². The number of nitrogens with one attached hydrogen (secondary N) is 1. The number of fused-ring (bicyclic) bond motifs is 2. The van der Waals surface area contributed by atoms with Crippen LogP contribution in [0, 0.1) is 13.8 Å². The maximum atomic E-state index is 13.4. The number of alkyl halides is 4. The second-order valence-electron chi connectivity index (χ2n) is 6.43. The third kappa shape index (κ3) is 3.33. The number of hydrogen-bond acceptors (Lipinski definition) is 6. The van der Waals surface area contributed by atoms with Crippen LogP contribution < -0.4 is 14.2 Å². The van der Waals surface area contributed by atoms with E-state index >= 15 is 0 Å². The number of aromatic amines is 1. The number of rotatable bonds is 4. The molecule has 0 radical (unpaired) electrons. The normalized spacial score (nSPS) is 16.8. The van der Waals surface area contributed by atoms with Gasteiger partial charge in [0.05, 0.1) is 23.8 Å². The quantitative estimate of drug-likeness (QED) is 0.473. The van der Waals surface area contributed by atoms with E-state index in [1.807, 2.05) is 13.8 Å². The van der Waals surface area contributed by atoms with Gasteiger partial charge < -0.3 is 19.2 Å². The number of aromatic nitrogens is 3. The van der Waals surface area contributed by atoms with Crippen LogP contribution in [0.25, 0.3) is 11.0 Å². The average Bonchev–Trinajstić information content (AvgIpc) is 3.01. The number of imidazole rings is 1. The van der Waals surface area contributed by atoms with Gasteiger partial charge in [-0.15, -0.1) is 0 Å². The number of pyridine rings is 1. The fourth-order valence-corrected chi connectivity index (χ4v) is 3.88. The van der Waals surface area contributed by atoms with Crippen molar-refractivity contribution in [1.29, 1.82) is 0 Å². The largest absolute Gasteiger partial charge is 0.507 e. The number of aryl methyl sites for hydroxylation is 1. The Morgan fingerprint density at radius 2 is 1.76 bits per heavy atom. The predicted octanol–water partition coefficient (Wildman–Crippen LogP) is 4.83. The third-order valence-electron chi connectivity index (χ3n) is 4.44. The van der Waals surface area contributed by atoms with Crippen molar-refractivity contribution in [3.8, 4) is 17.2 Å². The molecule has 0 saturated carbocycles. The van der Waals surface area contributed by atoms with Crippen LogP contribution in [-0.4, -0.2) is 34.3 Å². The van der Waals surface area contributed by atoms with Gasteiger partial charge in [0.15, 0.2) is 16.7 Å². The Hall–Kier alpha value is -2.69. The molecule has 2 aromatic heterocycles. The van der Waals surface area contributed by atoms with E-state index in [2.05, 4.69) is 24.4 Å². The number of ether oxygens (including phenoxy) is 3. The molecular formula is C18H15F4N3O3S. The maximum Gasteiger partial charge on any atom is 0.507 e. The van der Waals surface area contributed by atoms with Crippen molar-refractivity contribution in [1.82, 2.24) is 15.0 Å². The Balaban J connectivity index is 1.60. The predicted molar refractivity (Wildman–Crippen MR) is 97.1 cm³/mol. The molecule has 1 aliphatic heterocycles. The summed E-state index contributed by atoms with van der Waals surface area (Å²) in [4.78, 5) is 11.6. The lowest BCUT2D eigenvalue weighted by molar-refractivity contribution is -0.391. The lowest BCUT2D eigenvalue weighted by atomic mass is 10.1. The molecule has 0 fully saturated rings. The van der Waals surface area contributed by atoms with Crippen molar-refractivity contribution in [3.63, 3.8) is 0 Å². The maximum absolute atomic E-state index is 13.4. The van der Waals surface area contributed by atoms with E-state index in [-0.39, 0.29) is 5.52 Å². The topological polar surface area (TPSA) is 69.3 Å². The molecule has 0 unspecified atom stereocenters. The molecule has 1 N–H and O–H groups in total. The second kappa shape index (κ2) is 6.68. The summed E-state index contributed by atoms with van der Waals surface area (Å²) in [7, 11) is 1.59. The minimum Gasteiger partial charge on any atom is -0.496 e. The molecule has 0 saturated heterocycles. The van der Waals surface area contributed by atoms with Crippen LogP contribution in [0.3, 0.4) is 0 Å². The van der Waals surface area contributed by atoms with E-state index in [1.54, 1.807) is 13.3 Å². The fourth-order valence-electron chi connectivity index (χ4n) is 2.97. The van der Waals surface area contributed by atoms with Crippen LogP contribution in [0.1, 0.15) is 16.8 Å². The molecule has 0 spiro atoms. The van der Waals surface area contributed by atoms with Gasteiger partial charge in [-0.25, -0.2) is 4.98 Å². The van der Waals surface area contributed by atoms with Crippen molar-refractivity contribution < 1.29 is 31.8 Å². The number of halogens is 4. The van der Waals surface area contributed by atoms with Gasteiger partial charge in [0.2, 0.25) is 0 Å². The minimum atomic E-state index is -4.77. The molecule has 0 aliphatic carbocycles. The molecule has 0 atom stereocenters. The molecular weight excluding hydrogens is 414 g/mol. The van der Waals surface area contributed by atoms with Crippen LogP contribution in [0.5, 0.6) is 17.2 Å². The average molecular weight is 429 g/mol. The van der Waals surface area contributed by atoms with E-state index in [4.69, 9.17) is 4.74 Å². The molecule has 154 valence electrons. The minimum absolute atomic E-state index is 0.280. The Morgan fingerprint density at radius 3 is 2.41 bits per heavy atom. The summed E-state index contributed by atoms with van der Waals surface area (Å²) in [5, 5.41) is 0.460. The van der Waals surface area contributed by atoms with Gasteiger partial charge >= 0.3 is 12.2 Å². The SMILES string of the molecule is COc1c(C)cnc(CSc2nc3cc4c(cc3[nH]2)OC(F)(F)C(F)(F)O4)c1C. The van der Waals surface area contributed by atoms with Crippen LogP contribution in [0.4, 0.5) is 17.6 Å². The molecule has 11 heteroatoms. The zero-order chi connectivity index (χ0) is 21.0. The molecule has 0 amide bonds. The molecule has 1 aliphatic rings. The monoisotopic (exact) mass is 429 g/mol. The molecule has 29 heavy (non-hydrogen) atoms. The van der Waals surface area contributed by atoms with E-state index in [0.717, 1.165) is 34.7 Å². The number of hydrogen-bond donors (Lipinski definition) is 1. The molecule has 3 heterocycles. The first-order chi connectivity index (χ1) is 13.6. The summed E-state index contributed by atoms with van der Waals surface area (Å²) in [6, 6.07) is 2.29. The van der Waals surface area contributed by atoms with E-state index < -0.39 is 23.7 Å². The summed E-state index contributed by atoms with van der Waals surface area (Å²) in [6.07, 6.45) is -7.82. The summed E-state index contributed by atoms with van der Waals surface area (Å²) in [6.45, 7) is 3.80. The van der Waals surface area contributed by atoms with Gasteiger partial charge in [0.25, 0.3) is 0 Å². The lowest BCUT2D eigenvalue weighted by Crippen LogP contribution is -2.52. The van der Waals surface area contributed by atoms with Gasteiger partial charge in [-0.05, 0) is 13.8 Å². The highest BCUT2D eigenvalue weighted by Gasteiger charge is 2.66. The highest BCUT2D eigenvalue weighted by Crippen LogP contribution is 2.48. The second-order valence-corrected chi connectivity index (χ2v) is 7.39. The Morgan fingerprint density at radius 1 is 1.10 bits per heavy atom. The summed E-state index contributed by atoms with van der Waals surface area (Å²) >= 11 is 1.32.